The van der Waals surface area contributed by atoms with Gasteiger partial charge < -0.3 is 0 Å². The van der Waals surface area contributed by atoms with E-state index in [2.05, 4.69) is 0 Å². The Balaban J connectivity index is 2.16. The van der Waals surface area contributed by atoms with E-state index >= 15 is 0 Å². The van der Waals surface area contributed by atoms with Gasteiger partial charge in [-0.25, -0.2) is 0 Å². The van der Waals surface area contributed by atoms with Crippen LogP contribution in [0.4, 0.5) is 0 Å². The first-order valence-electron chi connectivity index (χ1n) is 5.20. The van der Waals surface area contributed by atoms with Crippen LogP contribution in [0.5, 0.6) is 0 Å². The van der Waals surface area contributed by atoms with Crippen LogP contribution < -0.4 is 0 Å². The molecule has 0 aromatic heterocycles. The van der Waals surface area contributed by atoms with Gasteiger partial charge in [0.15, 0.2) is 0 Å². The summed E-state index contributed by atoms with van der Waals surface area (Å²) in [6.07, 6.45) is 0.0451. The van der Waals surface area contributed by atoms with Gasteiger partial charge in [-0.15, -0.1) is 0 Å². The third kappa shape index (κ3) is 0.956. The zero-order chi connectivity index (χ0) is 12.5. The smallest absolute Gasteiger partial charge is 0.264 e. The zero-order valence-corrected chi connectivity index (χ0v) is 8.47. The molecular weight excluding hydrogens is 228 g/mol. The molecule has 4 atom stereocenters. The third-order valence-electron chi connectivity index (χ3n) is 3.94. The minimum Gasteiger partial charge on any atom is -0.290 e. The molecule has 0 N–H and O–H groups in total. The van der Waals surface area contributed by atoms with Crippen molar-refractivity contribution in [3.8, 4) is 0 Å². The Morgan fingerprint density at radius 3 is 1.35 bits per heavy atom. The van der Waals surface area contributed by atoms with E-state index < -0.39 is 58.4 Å². The highest BCUT2D eigenvalue weighted by molar-refractivity contribution is 6.72. The van der Waals surface area contributed by atoms with E-state index in [1.54, 1.807) is 0 Å². The molecule has 86 valence electrons. The maximum atomic E-state index is 11.6. The van der Waals surface area contributed by atoms with E-state index in [1.807, 2.05) is 0 Å². The van der Waals surface area contributed by atoms with Crippen LogP contribution in [0.25, 0.3) is 0 Å². The van der Waals surface area contributed by atoms with Crippen molar-refractivity contribution in [2.75, 3.05) is 0 Å². The van der Waals surface area contributed by atoms with E-state index in [0.29, 0.717) is 0 Å². The fourth-order valence-corrected chi connectivity index (χ4v) is 3.18. The van der Waals surface area contributed by atoms with Crippen LogP contribution in [0.3, 0.4) is 0 Å². The molecule has 0 heterocycles. The molecule has 0 aromatic carbocycles. The second kappa shape index (κ2) is 2.82. The summed E-state index contributed by atoms with van der Waals surface area (Å²) in [7, 11) is 0. The van der Waals surface area contributed by atoms with Gasteiger partial charge in [-0.2, -0.15) is 0 Å². The average molecular weight is 234 g/mol. The molecule has 0 aromatic rings. The van der Waals surface area contributed by atoms with Gasteiger partial charge in [0.2, 0.25) is 23.1 Å². The second-order valence-electron chi connectivity index (χ2n) is 4.62. The predicted molar refractivity (Wildman–Crippen MR) is 48.6 cm³/mol. The van der Waals surface area contributed by atoms with Gasteiger partial charge in [0.1, 0.15) is 0 Å². The molecule has 0 aliphatic heterocycles. The van der Waals surface area contributed by atoms with Crippen molar-refractivity contribution < 1.29 is 28.8 Å². The Kier molecular flexibility index (Phi) is 1.69. The third-order valence-corrected chi connectivity index (χ3v) is 3.94. The summed E-state index contributed by atoms with van der Waals surface area (Å²) in [5.41, 5.74) is 0. The minimum atomic E-state index is -1.13. The largest absolute Gasteiger partial charge is 0.290 e. The molecule has 17 heavy (non-hydrogen) atoms. The lowest BCUT2D eigenvalue weighted by Gasteiger charge is -2.16. The van der Waals surface area contributed by atoms with E-state index in [1.165, 1.54) is 0 Å². The summed E-state index contributed by atoms with van der Waals surface area (Å²) >= 11 is 0. The van der Waals surface area contributed by atoms with Crippen molar-refractivity contribution in [2.45, 2.75) is 6.42 Å². The quantitative estimate of drug-likeness (QED) is 0.463. The van der Waals surface area contributed by atoms with Gasteiger partial charge in [0.25, 0.3) is 11.6 Å². The number of carbonyl (C=O) groups excluding carboxylic acids is 6. The summed E-state index contributed by atoms with van der Waals surface area (Å²) in [5.74, 6) is -9.96. The summed E-state index contributed by atoms with van der Waals surface area (Å²) in [4.78, 5) is 68.8. The standard InChI is InChI=1S/C11H6O6/c12-6-2-1-3(7(13)10(6)16)5-4(2)8(14)11(17)9(5)15/h2-5H,1H2. The van der Waals surface area contributed by atoms with Crippen molar-refractivity contribution in [3.05, 3.63) is 0 Å². The first kappa shape index (κ1) is 10.2. The predicted octanol–water partition coefficient (Wildman–Crippen LogP) is -1.70. The topological polar surface area (TPSA) is 102 Å². The fraction of sp³-hybridized carbons (Fsp3) is 0.455. The van der Waals surface area contributed by atoms with Crippen molar-refractivity contribution in [1.82, 2.24) is 0 Å². The van der Waals surface area contributed by atoms with E-state index in [0.717, 1.165) is 0 Å². The maximum absolute atomic E-state index is 11.6. The average Bonchev–Trinajstić information content (AvgIpc) is 2.77. The van der Waals surface area contributed by atoms with Crippen molar-refractivity contribution >= 4 is 34.7 Å². The first-order chi connectivity index (χ1) is 7.95. The Labute approximate surface area is 94.3 Å². The van der Waals surface area contributed by atoms with Gasteiger partial charge >= 0.3 is 0 Å². The van der Waals surface area contributed by atoms with E-state index in [9.17, 15) is 28.8 Å². The van der Waals surface area contributed by atoms with E-state index in [-0.39, 0.29) is 6.42 Å². The summed E-state index contributed by atoms with van der Waals surface area (Å²) < 4.78 is 0. The molecule has 3 aliphatic rings. The van der Waals surface area contributed by atoms with Gasteiger partial charge in [0, 0.05) is 23.7 Å². The van der Waals surface area contributed by atoms with Crippen LogP contribution in [0.2, 0.25) is 0 Å². The fourth-order valence-electron chi connectivity index (χ4n) is 3.18. The Bertz CT molecular complexity index is 494. The number of Topliss-reactive ketones (excluding diaryl/α,β-unsaturated/α-hetero) is 6. The SMILES string of the molecule is O=C1C(=O)C2CC(C1=O)C1C(=O)C(=O)C(=O)C21. The van der Waals surface area contributed by atoms with Gasteiger partial charge in [-0.3, -0.25) is 28.8 Å². The van der Waals surface area contributed by atoms with Crippen molar-refractivity contribution in [3.63, 3.8) is 0 Å². The highest BCUT2D eigenvalue weighted by Gasteiger charge is 2.66. The van der Waals surface area contributed by atoms with Crippen molar-refractivity contribution in [2.24, 2.45) is 23.7 Å². The summed E-state index contributed by atoms with van der Waals surface area (Å²) in [6, 6.07) is 0. The molecule has 0 saturated heterocycles. The molecule has 3 fully saturated rings. The van der Waals surface area contributed by atoms with Crippen LogP contribution >= 0.6 is 0 Å². The van der Waals surface area contributed by atoms with Crippen LogP contribution in [0.15, 0.2) is 0 Å². The number of hydrogen-bond acceptors (Lipinski definition) is 6. The number of hydrogen-bond donors (Lipinski definition) is 0. The number of ketones is 6. The van der Waals surface area contributed by atoms with E-state index in [4.69, 9.17) is 0 Å². The highest BCUT2D eigenvalue weighted by atomic mass is 16.2. The number of fused-ring (bicyclic) bond motifs is 5. The number of carbonyl (C=O) groups is 6. The van der Waals surface area contributed by atoms with Crippen molar-refractivity contribution in [1.29, 1.82) is 0 Å². The molecule has 0 spiro atoms. The zero-order valence-electron chi connectivity index (χ0n) is 8.47. The molecule has 3 saturated carbocycles. The molecule has 6 heteroatoms. The Morgan fingerprint density at radius 2 is 0.941 bits per heavy atom. The van der Waals surface area contributed by atoms with Gasteiger partial charge in [-0.1, -0.05) is 0 Å². The normalized spacial score (nSPS) is 40.2. The summed E-state index contributed by atoms with van der Waals surface area (Å²) in [5, 5.41) is 0. The highest BCUT2D eigenvalue weighted by Crippen LogP contribution is 2.49. The molecule has 2 bridgehead atoms. The second-order valence-corrected chi connectivity index (χ2v) is 4.62. The number of rotatable bonds is 0. The molecular formula is C11H6O6. The summed E-state index contributed by atoms with van der Waals surface area (Å²) in [6.45, 7) is 0. The Morgan fingerprint density at radius 1 is 0.588 bits per heavy atom. The molecule has 4 unspecified atom stereocenters. The molecule has 3 rings (SSSR count). The van der Waals surface area contributed by atoms with Crippen LogP contribution in [-0.2, 0) is 28.8 Å². The lowest BCUT2D eigenvalue weighted by atomic mass is 9.82. The van der Waals surface area contributed by atoms with Gasteiger partial charge in [0.05, 0.1) is 0 Å². The first-order valence-corrected chi connectivity index (χ1v) is 5.20. The van der Waals surface area contributed by atoms with Crippen LogP contribution in [-0.4, -0.2) is 34.7 Å². The van der Waals surface area contributed by atoms with Crippen LogP contribution in [0, 0.1) is 23.7 Å². The Hall–Kier alpha value is -1.98. The maximum Gasteiger partial charge on any atom is 0.264 e. The van der Waals surface area contributed by atoms with Crippen LogP contribution in [0.1, 0.15) is 6.42 Å². The molecule has 0 amide bonds. The lowest BCUT2D eigenvalue weighted by Crippen LogP contribution is -2.40. The van der Waals surface area contributed by atoms with Gasteiger partial charge in [-0.05, 0) is 6.42 Å². The minimum absolute atomic E-state index is 0.0451. The lowest BCUT2D eigenvalue weighted by molar-refractivity contribution is -0.150. The molecule has 6 nitrogen and oxygen atoms in total. The molecule has 0 radical (unpaired) electrons. The monoisotopic (exact) mass is 234 g/mol. The molecule has 3 aliphatic carbocycles.